The second-order valence-electron chi connectivity index (χ2n) is 5.60. The van der Waals surface area contributed by atoms with Gasteiger partial charge in [-0.1, -0.05) is 12.1 Å². The molecular formula is C19H17FN2O5S. The van der Waals surface area contributed by atoms with E-state index in [0.29, 0.717) is 0 Å². The fourth-order valence-electron chi connectivity index (χ4n) is 2.12. The van der Waals surface area contributed by atoms with E-state index in [1.807, 2.05) is 30.5 Å². The molecule has 7 nitrogen and oxygen atoms in total. The molecule has 0 saturated heterocycles. The third-order valence-electron chi connectivity index (χ3n) is 3.60. The van der Waals surface area contributed by atoms with Gasteiger partial charge in [-0.05, 0) is 49.1 Å². The molecule has 0 aliphatic carbocycles. The summed E-state index contributed by atoms with van der Waals surface area (Å²) in [6, 6.07) is 10.4. The number of nitrogens with zero attached hydrogens (tertiary/aromatic N) is 1. The van der Waals surface area contributed by atoms with E-state index in [1.165, 1.54) is 19.1 Å². The fourth-order valence-corrected chi connectivity index (χ4v) is 2.53. The van der Waals surface area contributed by atoms with E-state index < -0.39 is 34.4 Å². The van der Waals surface area contributed by atoms with Crippen LogP contribution in [0, 0.1) is 15.9 Å². The number of nitro groups is 1. The summed E-state index contributed by atoms with van der Waals surface area (Å²) in [5.41, 5.74) is 0.0498. The first-order valence-electron chi connectivity index (χ1n) is 8.07. The topological polar surface area (TPSA) is 98.5 Å². The van der Waals surface area contributed by atoms with E-state index in [-0.39, 0.29) is 5.69 Å². The Balaban J connectivity index is 1.94. The number of carbonyl (C=O) groups excluding carboxylic acids is 2. The number of benzene rings is 2. The van der Waals surface area contributed by atoms with Gasteiger partial charge in [0.1, 0.15) is 0 Å². The molecule has 2 aromatic rings. The van der Waals surface area contributed by atoms with E-state index >= 15 is 0 Å². The number of nitrogens with one attached hydrogen (secondary N) is 1. The van der Waals surface area contributed by atoms with Crippen LogP contribution in [0.3, 0.4) is 0 Å². The molecule has 0 unspecified atom stereocenters. The van der Waals surface area contributed by atoms with Crippen molar-refractivity contribution in [2.24, 2.45) is 0 Å². The largest absolute Gasteiger partial charge is 0.449 e. The van der Waals surface area contributed by atoms with Crippen LogP contribution in [0.2, 0.25) is 0 Å². The lowest BCUT2D eigenvalue weighted by molar-refractivity contribution is -0.387. The predicted molar refractivity (Wildman–Crippen MR) is 104 cm³/mol. The minimum absolute atomic E-state index is 0.0189. The zero-order valence-corrected chi connectivity index (χ0v) is 15.9. The first kappa shape index (κ1) is 21.1. The molecule has 0 bridgehead atoms. The van der Waals surface area contributed by atoms with Crippen LogP contribution in [0.1, 0.15) is 12.5 Å². The Kier molecular flexibility index (Phi) is 7.28. The number of esters is 1. The number of carbonyl (C=O) groups is 2. The molecular weight excluding hydrogens is 387 g/mol. The Morgan fingerprint density at radius 2 is 1.93 bits per heavy atom. The van der Waals surface area contributed by atoms with Gasteiger partial charge >= 0.3 is 11.7 Å². The molecule has 2 rings (SSSR count). The molecule has 0 spiro atoms. The van der Waals surface area contributed by atoms with E-state index in [4.69, 9.17) is 4.74 Å². The second-order valence-corrected chi connectivity index (χ2v) is 6.48. The quantitative estimate of drug-likeness (QED) is 0.246. The number of amides is 1. The summed E-state index contributed by atoms with van der Waals surface area (Å²) in [5, 5.41) is 13.1. The smallest absolute Gasteiger partial charge is 0.331 e. The Morgan fingerprint density at radius 1 is 1.25 bits per heavy atom. The lowest BCUT2D eigenvalue weighted by Gasteiger charge is -2.12. The minimum Gasteiger partial charge on any atom is -0.449 e. The summed E-state index contributed by atoms with van der Waals surface area (Å²) in [6.45, 7) is 1.35. The molecule has 146 valence electrons. The van der Waals surface area contributed by atoms with Crippen LogP contribution in [0.4, 0.5) is 15.8 Å². The van der Waals surface area contributed by atoms with E-state index in [9.17, 15) is 24.1 Å². The summed E-state index contributed by atoms with van der Waals surface area (Å²) in [6.07, 6.45) is 3.56. The maximum Gasteiger partial charge on any atom is 0.331 e. The number of hydrogen-bond donors (Lipinski definition) is 1. The van der Waals surface area contributed by atoms with Gasteiger partial charge in [-0.25, -0.2) is 4.79 Å². The van der Waals surface area contributed by atoms with Crippen molar-refractivity contribution in [2.75, 3.05) is 11.6 Å². The molecule has 0 radical (unpaired) electrons. The van der Waals surface area contributed by atoms with Gasteiger partial charge in [0.15, 0.2) is 6.10 Å². The number of ether oxygens (including phenoxy) is 1. The van der Waals surface area contributed by atoms with Gasteiger partial charge < -0.3 is 10.1 Å². The van der Waals surface area contributed by atoms with Gasteiger partial charge in [0.2, 0.25) is 5.82 Å². The Hall–Kier alpha value is -3.20. The molecule has 0 heterocycles. The highest BCUT2D eigenvalue weighted by Gasteiger charge is 2.19. The van der Waals surface area contributed by atoms with Crippen LogP contribution in [0.15, 0.2) is 53.4 Å². The van der Waals surface area contributed by atoms with Crippen molar-refractivity contribution in [3.05, 3.63) is 70.0 Å². The molecule has 9 heteroatoms. The van der Waals surface area contributed by atoms with Crippen molar-refractivity contribution in [1.82, 2.24) is 0 Å². The van der Waals surface area contributed by atoms with E-state index in [2.05, 4.69) is 5.32 Å². The zero-order valence-electron chi connectivity index (χ0n) is 15.0. The SMILES string of the molecule is CSc1ccc(/C=C/C(=O)O[C@@H](C)C(=O)Nc2ccc(F)c([N+](=O)[O-])c2)cc1. The standard InChI is InChI=1S/C19H17FN2O5S/c1-12(19(24)21-14-6-9-16(20)17(11-14)22(25)26)27-18(23)10-5-13-3-7-15(28-2)8-4-13/h3-12H,1-2H3,(H,21,24)/b10-5+/t12-/m0/s1. The van der Waals surface area contributed by atoms with Gasteiger partial charge in [0.05, 0.1) is 4.92 Å². The molecule has 1 amide bonds. The van der Waals surface area contributed by atoms with Crippen molar-refractivity contribution in [2.45, 2.75) is 17.9 Å². The third kappa shape index (κ3) is 5.92. The maximum absolute atomic E-state index is 13.3. The molecule has 0 aromatic heterocycles. The number of rotatable bonds is 7. The molecule has 0 saturated carbocycles. The summed E-state index contributed by atoms with van der Waals surface area (Å²) >= 11 is 1.60. The van der Waals surface area contributed by atoms with Gasteiger partial charge in [-0.15, -0.1) is 11.8 Å². The molecule has 28 heavy (non-hydrogen) atoms. The van der Waals surface area contributed by atoms with Crippen LogP contribution in [0.25, 0.3) is 6.08 Å². The summed E-state index contributed by atoms with van der Waals surface area (Å²) in [4.78, 5) is 34.9. The average molecular weight is 404 g/mol. The number of anilines is 1. The normalized spacial score (nSPS) is 11.8. The lowest BCUT2D eigenvalue weighted by Crippen LogP contribution is -2.29. The van der Waals surface area contributed by atoms with Gasteiger partial charge in [-0.2, -0.15) is 4.39 Å². The molecule has 0 aliphatic rings. The zero-order chi connectivity index (χ0) is 20.7. The van der Waals surface area contributed by atoms with Crippen molar-refractivity contribution in [3.8, 4) is 0 Å². The highest BCUT2D eigenvalue weighted by molar-refractivity contribution is 7.98. The highest BCUT2D eigenvalue weighted by Crippen LogP contribution is 2.22. The van der Waals surface area contributed by atoms with Crippen molar-refractivity contribution in [1.29, 1.82) is 0 Å². The van der Waals surface area contributed by atoms with E-state index in [0.717, 1.165) is 22.6 Å². The van der Waals surface area contributed by atoms with Crippen LogP contribution < -0.4 is 5.32 Å². The number of halogens is 1. The third-order valence-corrected chi connectivity index (χ3v) is 4.34. The van der Waals surface area contributed by atoms with Gasteiger partial charge in [0, 0.05) is 22.7 Å². The van der Waals surface area contributed by atoms with E-state index in [1.54, 1.807) is 17.8 Å². The monoisotopic (exact) mass is 404 g/mol. The first-order chi connectivity index (χ1) is 13.3. The first-order valence-corrected chi connectivity index (χ1v) is 9.30. The number of hydrogen-bond acceptors (Lipinski definition) is 6. The van der Waals surface area contributed by atoms with Gasteiger partial charge in [0.25, 0.3) is 5.91 Å². The fraction of sp³-hybridized carbons (Fsp3) is 0.158. The molecule has 0 aliphatic heterocycles. The molecule has 1 atom stereocenters. The molecule has 0 fully saturated rings. The average Bonchev–Trinajstić information content (AvgIpc) is 2.67. The summed E-state index contributed by atoms with van der Waals surface area (Å²) in [7, 11) is 0. The number of thioether (sulfide) groups is 1. The van der Waals surface area contributed by atoms with Crippen LogP contribution in [-0.2, 0) is 14.3 Å². The summed E-state index contributed by atoms with van der Waals surface area (Å²) in [5.74, 6) is -2.44. The highest BCUT2D eigenvalue weighted by atomic mass is 32.2. The van der Waals surface area contributed by atoms with Crippen molar-refractivity contribution in [3.63, 3.8) is 0 Å². The van der Waals surface area contributed by atoms with Crippen LogP contribution >= 0.6 is 11.8 Å². The van der Waals surface area contributed by atoms with Crippen molar-refractivity contribution < 1.29 is 23.6 Å². The van der Waals surface area contributed by atoms with Crippen LogP contribution in [0.5, 0.6) is 0 Å². The Labute approximate surface area is 164 Å². The number of nitro benzene ring substituents is 1. The van der Waals surface area contributed by atoms with Crippen LogP contribution in [-0.4, -0.2) is 29.2 Å². The lowest BCUT2D eigenvalue weighted by atomic mass is 10.2. The molecule has 1 N–H and O–H groups in total. The minimum atomic E-state index is -1.15. The van der Waals surface area contributed by atoms with Gasteiger partial charge in [-0.3, -0.25) is 14.9 Å². The second kappa shape index (κ2) is 9.65. The maximum atomic E-state index is 13.3. The summed E-state index contributed by atoms with van der Waals surface area (Å²) < 4.78 is 18.3. The predicted octanol–water partition coefficient (Wildman–Crippen LogP) is 4.04. The van der Waals surface area contributed by atoms with Crippen molar-refractivity contribution >= 4 is 41.1 Å². The Bertz CT molecular complexity index is 915. The molecule has 2 aromatic carbocycles. The Morgan fingerprint density at radius 3 is 2.54 bits per heavy atom.